The molecule has 0 N–H and O–H groups in total. The zero-order valence-corrected chi connectivity index (χ0v) is 14.3. The Morgan fingerprint density at radius 3 is 2.62 bits per heavy atom. The number of hydrogen-bond acceptors (Lipinski definition) is 5. The van der Waals surface area contributed by atoms with Gasteiger partial charge in [-0.15, -0.1) is 0 Å². The van der Waals surface area contributed by atoms with E-state index in [9.17, 15) is 4.79 Å². The quantitative estimate of drug-likeness (QED) is 0.722. The number of benzene rings is 2. The van der Waals surface area contributed by atoms with Gasteiger partial charge >= 0.3 is 0 Å². The second-order valence-electron chi connectivity index (χ2n) is 6.01. The SMILES string of the molecule is CN(C(=O)Cc1cc(-c2ccc3c(c2)OCCO3)on1)c1ccccc1. The van der Waals surface area contributed by atoms with E-state index in [4.69, 9.17) is 14.0 Å². The van der Waals surface area contributed by atoms with Gasteiger partial charge in [0, 0.05) is 24.4 Å². The molecule has 0 bridgehead atoms. The molecular weight excluding hydrogens is 332 g/mol. The molecule has 1 aliphatic heterocycles. The van der Waals surface area contributed by atoms with E-state index in [0.717, 1.165) is 17.0 Å². The van der Waals surface area contributed by atoms with Gasteiger partial charge in [0.25, 0.3) is 0 Å². The smallest absolute Gasteiger partial charge is 0.232 e. The molecule has 0 fully saturated rings. The summed E-state index contributed by atoms with van der Waals surface area (Å²) < 4.78 is 16.5. The van der Waals surface area contributed by atoms with Crippen LogP contribution >= 0.6 is 0 Å². The number of fused-ring (bicyclic) bond motifs is 1. The zero-order chi connectivity index (χ0) is 17.9. The minimum Gasteiger partial charge on any atom is -0.486 e. The molecule has 0 atom stereocenters. The number of likely N-dealkylation sites (N-methyl/N-ethyl adjacent to an activating group) is 1. The number of nitrogens with zero attached hydrogens (tertiary/aromatic N) is 2. The van der Waals surface area contributed by atoms with Gasteiger partial charge in [0.05, 0.1) is 12.1 Å². The van der Waals surface area contributed by atoms with Crippen molar-refractivity contribution in [3.63, 3.8) is 0 Å². The normalized spacial score (nSPS) is 12.7. The van der Waals surface area contributed by atoms with E-state index in [1.54, 1.807) is 18.0 Å². The molecular formula is C20H18N2O4. The van der Waals surface area contributed by atoms with Crippen LogP contribution in [0.1, 0.15) is 5.69 Å². The number of carbonyl (C=O) groups excluding carboxylic acids is 1. The van der Waals surface area contributed by atoms with Crippen molar-refractivity contribution in [1.29, 1.82) is 0 Å². The summed E-state index contributed by atoms with van der Waals surface area (Å²) in [5.74, 6) is 1.94. The number of hydrogen-bond donors (Lipinski definition) is 0. The monoisotopic (exact) mass is 350 g/mol. The zero-order valence-electron chi connectivity index (χ0n) is 14.3. The maximum atomic E-state index is 12.5. The fourth-order valence-corrected chi connectivity index (χ4v) is 2.80. The minimum absolute atomic E-state index is 0.0572. The predicted octanol–water partition coefficient (Wildman–Crippen LogP) is 3.32. The molecule has 26 heavy (non-hydrogen) atoms. The number of carbonyl (C=O) groups is 1. The van der Waals surface area contributed by atoms with Gasteiger partial charge < -0.3 is 18.9 Å². The summed E-state index contributed by atoms with van der Waals surface area (Å²) in [4.78, 5) is 14.1. The largest absolute Gasteiger partial charge is 0.486 e. The third-order valence-corrected chi connectivity index (χ3v) is 4.24. The average molecular weight is 350 g/mol. The number of aromatic nitrogens is 1. The topological polar surface area (TPSA) is 64.8 Å². The van der Waals surface area contributed by atoms with Crippen molar-refractivity contribution in [2.24, 2.45) is 0 Å². The number of ether oxygens (including phenoxy) is 2. The van der Waals surface area contributed by atoms with Crippen molar-refractivity contribution < 1.29 is 18.8 Å². The first-order chi connectivity index (χ1) is 12.7. The van der Waals surface area contributed by atoms with Gasteiger partial charge in [-0.25, -0.2) is 0 Å². The number of amides is 1. The highest BCUT2D eigenvalue weighted by Gasteiger charge is 2.17. The molecule has 0 aliphatic carbocycles. The van der Waals surface area contributed by atoms with Crippen LogP contribution in [0.5, 0.6) is 11.5 Å². The molecule has 3 aromatic rings. The van der Waals surface area contributed by atoms with Gasteiger partial charge in [-0.3, -0.25) is 4.79 Å². The van der Waals surface area contributed by atoms with Crippen molar-refractivity contribution in [1.82, 2.24) is 5.16 Å². The molecule has 0 spiro atoms. The van der Waals surface area contributed by atoms with Gasteiger partial charge in [-0.05, 0) is 30.3 Å². The van der Waals surface area contributed by atoms with Crippen LogP contribution in [0.4, 0.5) is 5.69 Å². The van der Waals surface area contributed by atoms with Crippen molar-refractivity contribution >= 4 is 11.6 Å². The Balaban J connectivity index is 1.49. The van der Waals surface area contributed by atoms with Crippen LogP contribution in [0.2, 0.25) is 0 Å². The number of para-hydroxylation sites is 1. The number of rotatable bonds is 4. The second kappa shape index (κ2) is 6.92. The number of anilines is 1. The molecule has 2 aromatic carbocycles. The first kappa shape index (κ1) is 16.2. The molecule has 0 radical (unpaired) electrons. The summed E-state index contributed by atoms with van der Waals surface area (Å²) in [6, 6.07) is 16.9. The highest BCUT2D eigenvalue weighted by atomic mass is 16.6. The summed E-state index contributed by atoms with van der Waals surface area (Å²) >= 11 is 0. The van der Waals surface area contributed by atoms with Crippen LogP contribution in [0.15, 0.2) is 59.1 Å². The molecule has 2 heterocycles. The van der Waals surface area contributed by atoms with Crippen molar-refractivity contribution in [3.8, 4) is 22.8 Å². The second-order valence-corrected chi connectivity index (χ2v) is 6.01. The van der Waals surface area contributed by atoms with E-state index in [-0.39, 0.29) is 12.3 Å². The van der Waals surface area contributed by atoms with E-state index >= 15 is 0 Å². The molecule has 1 aromatic heterocycles. The highest BCUT2D eigenvalue weighted by Crippen LogP contribution is 2.34. The van der Waals surface area contributed by atoms with Crippen LogP contribution < -0.4 is 14.4 Å². The Hall–Kier alpha value is -3.28. The van der Waals surface area contributed by atoms with Crippen LogP contribution in [-0.4, -0.2) is 31.3 Å². The first-order valence-corrected chi connectivity index (χ1v) is 8.38. The van der Waals surface area contributed by atoms with E-state index in [1.165, 1.54) is 0 Å². The third-order valence-electron chi connectivity index (χ3n) is 4.24. The molecule has 132 valence electrons. The molecule has 1 amide bonds. The first-order valence-electron chi connectivity index (χ1n) is 8.38. The summed E-state index contributed by atoms with van der Waals surface area (Å²) in [5.41, 5.74) is 2.26. The summed E-state index contributed by atoms with van der Waals surface area (Å²) in [6.07, 6.45) is 0.166. The summed E-state index contributed by atoms with van der Waals surface area (Å²) in [5, 5.41) is 4.03. The van der Waals surface area contributed by atoms with Crippen molar-refractivity contribution in [2.75, 3.05) is 25.2 Å². The van der Waals surface area contributed by atoms with E-state index in [0.29, 0.717) is 30.4 Å². The fraction of sp³-hybridized carbons (Fsp3) is 0.200. The van der Waals surface area contributed by atoms with E-state index in [1.807, 2.05) is 48.5 Å². The van der Waals surface area contributed by atoms with Crippen LogP contribution in [0.25, 0.3) is 11.3 Å². The van der Waals surface area contributed by atoms with Gasteiger partial charge in [-0.2, -0.15) is 0 Å². The van der Waals surface area contributed by atoms with Gasteiger partial charge in [0.2, 0.25) is 5.91 Å². The lowest BCUT2D eigenvalue weighted by atomic mass is 10.1. The minimum atomic E-state index is -0.0572. The summed E-state index contributed by atoms with van der Waals surface area (Å²) in [7, 11) is 1.75. The Labute approximate surface area is 150 Å². The Morgan fingerprint density at radius 1 is 1.04 bits per heavy atom. The summed E-state index contributed by atoms with van der Waals surface area (Å²) in [6.45, 7) is 1.08. The molecule has 0 saturated heterocycles. The van der Waals surface area contributed by atoms with Gasteiger partial charge in [-0.1, -0.05) is 23.4 Å². The lowest BCUT2D eigenvalue weighted by Crippen LogP contribution is -2.27. The van der Waals surface area contributed by atoms with Crippen LogP contribution in [-0.2, 0) is 11.2 Å². The van der Waals surface area contributed by atoms with Crippen molar-refractivity contribution in [2.45, 2.75) is 6.42 Å². The van der Waals surface area contributed by atoms with Crippen LogP contribution in [0.3, 0.4) is 0 Å². The Morgan fingerprint density at radius 2 is 1.81 bits per heavy atom. The fourth-order valence-electron chi connectivity index (χ4n) is 2.80. The molecule has 4 rings (SSSR count). The lowest BCUT2D eigenvalue weighted by Gasteiger charge is -2.18. The van der Waals surface area contributed by atoms with E-state index < -0.39 is 0 Å². The standard InChI is InChI=1S/C20H18N2O4/c1-22(16-5-3-2-4-6-16)20(23)13-15-12-18(26-21-15)14-7-8-17-19(11-14)25-10-9-24-17/h2-8,11-12H,9-10,13H2,1H3. The predicted molar refractivity (Wildman–Crippen MR) is 96.5 cm³/mol. The third kappa shape index (κ3) is 3.26. The maximum Gasteiger partial charge on any atom is 0.232 e. The molecule has 0 unspecified atom stereocenters. The van der Waals surface area contributed by atoms with Crippen LogP contribution in [0, 0.1) is 0 Å². The Bertz CT molecular complexity index is 921. The van der Waals surface area contributed by atoms with Gasteiger partial charge in [0.15, 0.2) is 17.3 Å². The molecule has 1 aliphatic rings. The highest BCUT2D eigenvalue weighted by molar-refractivity contribution is 5.94. The Kier molecular flexibility index (Phi) is 4.31. The lowest BCUT2D eigenvalue weighted by molar-refractivity contribution is -0.117. The van der Waals surface area contributed by atoms with Gasteiger partial charge in [0.1, 0.15) is 13.2 Å². The molecule has 6 nitrogen and oxygen atoms in total. The average Bonchev–Trinajstić information content (AvgIpc) is 3.16. The maximum absolute atomic E-state index is 12.5. The van der Waals surface area contributed by atoms with Crippen molar-refractivity contribution in [3.05, 3.63) is 60.3 Å². The molecule has 6 heteroatoms. The molecule has 0 saturated carbocycles. The van der Waals surface area contributed by atoms with E-state index in [2.05, 4.69) is 5.16 Å².